The number of carbonyl (C=O) groups excluding carboxylic acids is 2. The van der Waals surface area contributed by atoms with E-state index in [0.717, 1.165) is 106 Å². The fourth-order valence-corrected chi connectivity index (χ4v) is 6.79. The number of hydrogen-bond donors (Lipinski definition) is 0. The number of aromatic nitrogens is 3. The van der Waals surface area contributed by atoms with Crippen molar-refractivity contribution in [3.63, 3.8) is 0 Å². The Labute approximate surface area is 311 Å². The molecule has 3 heterocycles. The second kappa shape index (κ2) is 19.6. The van der Waals surface area contributed by atoms with Crippen LogP contribution in [0.25, 0.3) is 22.5 Å². The quantitative estimate of drug-likeness (QED) is 0.147. The summed E-state index contributed by atoms with van der Waals surface area (Å²) in [5, 5.41) is 9.42. The van der Waals surface area contributed by atoms with Crippen molar-refractivity contribution >= 4 is 17.4 Å². The average Bonchev–Trinajstić information content (AvgIpc) is 3.53. The molecule has 284 valence electrons. The molecule has 0 atom stereocenters. The zero-order chi connectivity index (χ0) is 36.9. The molecule has 5 rings (SSSR count). The van der Waals surface area contributed by atoms with Crippen molar-refractivity contribution in [2.45, 2.75) is 72.4 Å². The van der Waals surface area contributed by atoms with Gasteiger partial charge in [0.25, 0.3) is 0 Å². The summed E-state index contributed by atoms with van der Waals surface area (Å²) in [6, 6.07) is 16.2. The minimum atomic E-state index is -0.0723. The molecule has 0 bridgehead atoms. The van der Waals surface area contributed by atoms with Crippen molar-refractivity contribution in [3.05, 3.63) is 54.1 Å². The second-order valence-electron chi connectivity index (χ2n) is 15.7. The van der Waals surface area contributed by atoms with Gasteiger partial charge in [-0.15, -0.1) is 5.10 Å². The summed E-state index contributed by atoms with van der Waals surface area (Å²) in [5.41, 5.74) is 5.80. The normalized spacial score (nSPS) is 15.2. The van der Waals surface area contributed by atoms with Crippen molar-refractivity contribution in [1.29, 1.82) is 0 Å². The first kappa shape index (κ1) is 39.7. The number of ketones is 1. The maximum absolute atomic E-state index is 13.9. The number of para-hydroxylation sites is 1. The van der Waals surface area contributed by atoms with E-state index < -0.39 is 0 Å². The van der Waals surface area contributed by atoms with Gasteiger partial charge in [0, 0.05) is 96.0 Å². The average molecular weight is 716 g/mol. The Balaban J connectivity index is 1.16. The molecule has 1 fully saturated rings. The van der Waals surface area contributed by atoms with E-state index in [2.05, 4.69) is 71.6 Å². The SMILES string of the molecule is CN(C)CCN1CCN(CCCn2nnc3c2-c2ccccc2CN(C(=O)CCC(=O)CCCOCCOCCC(C)(C)C)c2ccccc2-3)CC1. The van der Waals surface area contributed by atoms with Crippen molar-refractivity contribution in [1.82, 2.24) is 29.7 Å². The highest BCUT2D eigenvalue weighted by atomic mass is 16.5. The summed E-state index contributed by atoms with van der Waals surface area (Å²) in [7, 11) is 4.27. The first-order valence-corrected chi connectivity index (χ1v) is 19.3. The Morgan fingerprint density at radius 2 is 1.44 bits per heavy atom. The van der Waals surface area contributed by atoms with Crippen LogP contribution in [0, 0.1) is 5.41 Å². The van der Waals surface area contributed by atoms with E-state index in [1.807, 2.05) is 41.3 Å². The molecular formula is C41H61N7O4. The van der Waals surface area contributed by atoms with Gasteiger partial charge < -0.3 is 24.2 Å². The van der Waals surface area contributed by atoms with Gasteiger partial charge in [-0.05, 0) is 50.4 Å². The van der Waals surface area contributed by atoms with Crippen LogP contribution in [0.4, 0.5) is 5.69 Å². The van der Waals surface area contributed by atoms with Crippen molar-refractivity contribution < 1.29 is 19.1 Å². The molecule has 0 aliphatic carbocycles. The Kier molecular flexibility index (Phi) is 14.9. The number of likely N-dealkylation sites (N-methyl/N-ethyl adjacent to an activating group) is 1. The summed E-state index contributed by atoms with van der Waals surface area (Å²) in [6.45, 7) is 17.8. The molecule has 11 heteroatoms. The van der Waals surface area contributed by atoms with Crippen molar-refractivity contribution in [3.8, 4) is 22.5 Å². The highest BCUT2D eigenvalue weighted by Crippen LogP contribution is 2.41. The minimum Gasteiger partial charge on any atom is -0.379 e. The molecule has 0 spiro atoms. The van der Waals surface area contributed by atoms with Crippen LogP contribution < -0.4 is 4.90 Å². The molecule has 11 nitrogen and oxygen atoms in total. The first-order chi connectivity index (χ1) is 25.1. The van der Waals surface area contributed by atoms with Crippen LogP contribution in [0.3, 0.4) is 0 Å². The highest BCUT2D eigenvalue weighted by molar-refractivity contribution is 6.01. The van der Waals surface area contributed by atoms with E-state index in [1.54, 1.807) is 0 Å². The third kappa shape index (κ3) is 11.8. The van der Waals surface area contributed by atoms with Crippen LogP contribution in [0.15, 0.2) is 48.5 Å². The van der Waals surface area contributed by atoms with E-state index in [-0.39, 0.29) is 29.9 Å². The summed E-state index contributed by atoms with van der Waals surface area (Å²) in [6.07, 6.45) is 3.39. The lowest BCUT2D eigenvalue weighted by Crippen LogP contribution is -2.48. The van der Waals surface area contributed by atoms with Gasteiger partial charge >= 0.3 is 0 Å². The number of benzene rings is 2. The third-order valence-electron chi connectivity index (χ3n) is 9.99. The van der Waals surface area contributed by atoms with Gasteiger partial charge in [-0.3, -0.25) is 14.5 Å². The molecule has 0 saturated carbocycles. The number of carbonyl (C=O) groups is 2. The van der Waals surface area contributed by atoms with E-state index in [4.69, 9.17) is 14.6 Å². The fraction of sp³-hybridized carbons (Fsp3) is 0.610. The molecule has 1 aromatic heterocycles. The first-order valence-electron chi connectivity index (χ1n) is 19.3. The topological polar surface area (TPSA) is 96.3 Å². The van der Waals surface area contributed by atoms with Gasteiger partial charge in [-0.25, -0.2) is 4.68 Å². The summed E-state index contributed by atoms with van der Waals surface area (Å²) >= 11 is 0. The van der Waals surface area contributed by atoms with Gasteiger partial charge in [0.15, 0.2) is 0 Å². The molecule has 1 amide bonds. The molecule has 2 aromatic carbocycles. The van der Waals surface area contributed by atoms with Crippen molar-refractivity contribution in [2.75, 3.05) is 91.2 Å². The molecule has 0 radical (unpaired) electrons. The monoisotopic (exact) mass is 715 g/mol. The van der Waals surface area contributed by atoms with E-state index in [9.17, 15) is 9.59 Å². The molecule has 3 aromatic rings. The molecule has 0 unspecified atom stereocenters. The van der Waals surface area contributed by atoms with Gasteiger partial charge in [-0.2, -0.15) is 0 Å². The summed E-state index contributed by atoms with van der Waals surface area (Å²) < 4.78 is 13.4. The molecule has 0 N–H and O–H groups in total. The number of ether oxygens (including phenoxy) is 2. The number of aryl methyl sites for hydroxylation is 1. The van der Waals surface area contributed by atoms with Crippen molar-refractivity contribution in [2.24, 2.45) is 5.41 Å². The Bertz CT molecular complexity index is 1580. The van der Waals surface area contributed by atoms with Crippen LogP contribution in [0.5, 0.6) is 0 Å². The largest absolute Gasteiger partial charge is 0.379 e. The number of rotatable bonds is 19. The van der Waals surface area contributed by atoms with Gasteiger partial charge in [0.2, 0.25) is 5.91 Å². The smallest absolute Gasteiger partial charge is 0.227 e. The Morgan fingerprint density at radius 1 is 0.769 bits per heavy atom. The lowest BCUT2D eigenvalue weighted by Gasteiger charge is -2.35. The fourth-order valence-electron chi connectivity index (χ4n) is 6.79. The number of anilines is 1. The maximum atomic E-state index is 13.9. The predicted octanol–water partition coefficient (Wildman–Crippen LogP) is 5.63. The molecular weight excluding hydrogens is 654 g/mol. The minimum absolute atomic E-state index is 0.0723. The van der Waals surface area contributed by atoms with Gasteiger partial charge in [0.05, 0.1) is 31.1 Å². The molecule has 2 aliphatic rings. The molecule has 2 aliphatic heterocycles. The van der Waals surface area contributed by atoms with Crippen LogP contribution >= 0.6 is 0 Å². The summed E-state index contributed by atoms with van der Waals surface area (Å²) in [5.74, 6) is 0.00690. The highest BCUT2D eigenvalue weighted by Gasteiger charge is 2.29. The van der Waals surface area contributed by atoms with E-state index >= 15 is 0 Å². The Hall–Kier alpha value is -3.48. The zero-order valence-corrected chi connectivity index (χ0v) is 32.3. The number of nitrogens with zero attached hydrogens (tertiary/aromatic N) is 7. The van der Waals surface area contributed by atoms with E-state index in [0.29, 0.717) is 39.2 Å². The van der Waals surface area contributed by atoms with Gasteiger partial charge in [-0.1, -0.05) is 68.4 Å². The second-order valence-corrected chi connectivity index (χ2v) is 15.7. The Morgan fingerprint density at radius 3 is 2.17 bits per heavy atom. The standard InChI is InChI=1S/C41H61N7O4/c1-41(2,3)19-29-52-31-30-51-28-10-13-34(49)17-18-38(50)47-32-33-12-6-7-14-35(33)40-39(36-15-8-9-16-37(36)47)42-43-48(40)21-11-20-45-24-26-46(27-25-45)23-22-44(4)5/h6-9,12,14-16H,10-11,13,17-32H2,1-5H3. The van der Waals surface area contributed by atoms with Crippen LogP contribution in [-0.2, 0) is 32.2 Å². The maximum Gasteiger partial charge on any atom is 0.227 e. The predicted molar refractivity (Wildman–Crippen MR) is 207 cm³/mol. The van der Waals surface area contributed by atoms with E-state index in [1.165, 1.54) is 0 Å². The number of hydrogen-bond acceptors (Lipinski definition) is 9. The molecule has 52 heavy (non-hydrogen) atoms. The lowest BCUT2D eigenvalue weighted by molar-refractivity contribution is -0.124. The van der Waals surface area contributed by atoms with Crippen LogP contribution in [0.1, 0.15) is 64.9 Å². The number of fused-ring (bicyclic) bond motifs is 5. The lowest BCUT2D eigenvalue weighted by atomic mass is 9.93. The molecule has 1 saturated heterocycles. The number of piperazine rings is 1. The zero-order valence-electron chi connectivity index (χ0n) is 32.3. The number of Topliss-reactive ketones (excluding diaryl/α,β-unsaturated/α-hetero) is 1. The number of amides is 1. The van der Waals surface area contributed by atoms with Crippen LogP contribution in [-0.4, -0.2) is 128 Å². The van der Waals surface area contributed by atoms with Crippen LogP contribution in [0.2, 0.25) is 0 Å². The summed E-state index contributed by atoms with van der Waals surface area (Å²) in [4.78, 5) is 35.9. The van der Waals surface area contributed by atoms with Gasteiger partial charge in [0.1, 0.15) is 11.5 Å². The third-order valence-corrected chi connectivity index (χ3v) is 9.99.